The summed E-state index contributed by atoms with van der Waals surface area (Å²) in [6, 6.07) is 8.43. The second-order valence-electron chi connectivity index (χ2n) is 3.14. The molecule has 0 bridgehead atoms. The number of aromatic nitrogens is 2. The molecule has 1 heterocycles. The lowest BCUT2D eigenvalue weighted by atomic mass is 10.1. The number of benzene rings is 1. The van der Waals surface area contributed by atoms with Crippen LogP contribution >= 0.6 is 0 Å². The fourth-order valence-corrected chi connectivity index (χ4v) is 1.36. The van der Waals surface area contributed by atoms with Gasteiger partial charge in [-0.05, 0) is 12.0 Å². The lowest BCUT2D eigenvalue weighted by Crippen LogP contribution is -1.85. The summed E-state index contributed by atoms with van der Waals surface area (Å²) in [6.07, 6.45) is 6.24. The highest BCUT2D eigenvalue weighted by Crippen LogP contribution is 2.15. The summed E-state index contributed by atoms with van der Waals surface area (Å²) in [4.78, 5) is 8.28. The first-order valence-corrected chi connectivity index (χ1v) is 4.75. The van der Waals surface area contributed by atoms with E-state index in [-0.39, 0.29) is 0 Å². The molecule has 0 aliphatic rings. The van der Waals surface area contributed by atoms with Crippen molar-refractivity contribution in [1.82, 2.24) is 9.97 Å². The van der Waals surface area contributed by atoms with E-state index < -0.39 is 0 Å². The van der Waals surface area contributed by atoms with Crippen LogP contribution in [0.25, 0.3) is 11.3 Å². The van der Waals surface area contributed by atoms with Gasteiger partial charge in [0, 0.05) is 18.0 Å². The molecule has 0 saturated carbocycles. The van der Waals surface area contributed by atoms with Crippen LogP contribution in [0.2, 0.25) is 0 Å². The molecule has 0 atom stereocenters. The zero-order valence-corrected chi connectivity index (χ0v) is 8.14. The maximum absolute atomic E-state index is 4.24. The molecule has 0 spiro atoms. The Labute approximate surface area is 83.7 Å². The first-order chi connectivity index (χ1) is 6.90. The Balaban J connectivity index is 2.34. The smallest absolute Gasteiger partial charge is 0.0885 e. The van der Waals surface area contributed by atoms with Crippen LogP contribution < -0.4 is 0 Å². The summed E-state index contributed by atoms with van der Waals surface area (Å²) < 4.78 is 0. The number of nitrogens with zero attached hydrogens (tertiary/aromatic N) is 2. The molecule has 1 aromatic carbocycles. The lowest BCUT2D eigenvalue weighted by molar-refractivity contribution is 1.14. The van der Waals surface area contributed by atoms with E-state index in [1.54, 1.807) is 18.6 Å². The van der Waals surface area contributed by atoms with Crippen molar-refractivity contribution in [1.29, 1.82) is 0 Å². The summed E-state index contributed by atoms with van der Waals surface area (Å²) in [5.41, 5.74) is 3.39. The Morgan fingerprint density at radius 1 is 1.07 bits per heavy atom. The van der Waals surface area contributed by atoms with E-state index in [1.165, 1.54) is 5.56 Å². The van der Waals surface area contributed by atoms with E-state index in [0.717, 1.165) is 17.7 Å². The van der Waals surface area contributed by atoms with Gasteiger partial charge in [0.05, 0.1) is 11.9 Å². The molecule has 2 aromatic rings. The highest BCUT2D eigenvalue weighted by atomic mass is 14.8. The van der Waals surface area contributed by atoms with E-state index in [1.807, 2.05) is 0 Å². The van der Waals surface area contributed by atoms with Crippen molar-refractivity contribution in [2.45, 2.75) is 13.3 Å². The topological polar surface area (TPSA) is 25.8 Å². The van der Waals surface area contributed by atoms with Crippen LogP contribution in [0.3, 0.4) is 0 Å². The van der Waals surface area contributed by atoms with Crippen LogP contribution in [0.5, 0.6) is 0 Å². The van der Waals surface area contributed by atoms with Crippen molar-refractivity contribution in [2.75, 3.05) is 0 Å². The van der Waals surface area contributed by atoms with Gasteiger partial charge in [0.25, 0.3) is 0 Å². The van der Waals surface area contributed by atoms with Crippen LogP contribution in [-0.4, -0.2) is 9.97 Å². The summed E-state index contributed by atoms with van der Waals surface area (Å²) in [6.45, 7) is 2.15. The zero-order valence-electron chi connectivity index (χ0n) is 8.14. The molecule has 0 saturated heterocycles. The van der Waals surface area contributed by atoms with E-state index in [9.17, 15) is 0 Å². The molecule has 70 valence electrons. The standard InChI is InChI=1S/C12H12N2/c1-2-10-3-5-11(6-4-10)12-9-13-7-8-14-12/h3-9H,2H2,1H3. The van der Waals surface area contributed by atoms with Crippen molar-refractivity contribution in [2.24, 2.45) is 0 Å². The van der Waals surface area contributed by atoms with E-state index in [4.69, 9.17) is 0 Å². The average molecular weight is 184 g/mol. The number of rotatable bonds is 2. The molecule has 0 aliphatic carbocycles. The fourth-order valence-electron chi connectivity index (χ4n) is 1.36. The Morgan fingerprint density at radius 2 is 1.86 bits per heavy atom. The maximum atomic E-state index is 4.24. The SMILES string of the molecule is CCc1ccc(-c2cnccn2)cc1. The second-order valence-corrected chi connectivity index (χ2v) is 3.14. The zero-order chi connectivity index (χ0) is 9.80. The quantitative estimate of drug-likeness (QED) is 0.717. The van der Waals surface area contributed by atoms with Gasteiger partial charge in [-0.1, -0.05) is 31.2 Å². The Morgan fingerprint density at radius 3 is 2.43 bits per heavy atom. The highest BCUT2D eigenvalue weighted by Gasteiger charge is 1.97. The largest absolute Gasteiger partial charge is 0.261 e. The lowest BCUT2D eigenvalue weighted by Gasteiger charge is -2.00. The summed E-state index contributed by atoms with van der Waals surface area (Å²) in [5.74, 6) is 0. The first kappa shape index (κ1) is 8.88. The van der Waals surface area contributed by atoms with Crippen LogP contribution in [0, 0.1) is 0 Å². The second kappa shape index (κ2) is 4.01. The third kappa shape index (κ3) is 1.79. The third-order valence-corrected chi connectivity index (χ3v) is 2.22. The average Bonchev–Trinajstić information content (AvgIpc) is 2.30. The van der Waals surface area contributed by atoms with E-state index in [2.05, 4.69) is 41.2 Å². The highest BCUT2D eigenvalue weighted by molar-refractivity contribution is 5.57. The van der Waals surface area contributed by atoms with Crippen LogP contribution in [0.15, 0.2) is 42.9 Å². The molecule has 0 aliphatic heterocycles. The monoisotopic (exact) mass is 184 g/mol. The molecule has 2 heteroatoms. The minimum atomic E-state index is 0.926. The molecule has 2 rings (SSSR count). The predicted octanol–water partition coefficient (Wildman–Crippen LogP) is 2.71. The number of hydrogen-bond acceptors (Lipinski definition) is 2. The Hall–Kier alpha value is -1.70. The van der Waals surface area contributed by atoms with E-state index >= 15 is 0 Å². The van der Waals surface area contributed by atoms with Gasteiger partial charge in [-0.25, -0.2) is 0 Å². The molecule has 0 fully saturated rings. The number of hydrogen-bond donors (Lipinski definition) is 0. The molecular weight excluding hydrogens is 172 g/mol. The van der Waals surface area contributed by atoms with Gasteiger partial charge in [0.2, 0.25) is 0 Å². The Kier molecular flexibility index (Phi) is 2.54. The van der Waals surface area contributed by atoms with Crippen LogP contribution in [-0.2, 0) is 6.42 Å². The molecule has 2 nitrogen and oxygen atoms in total. The molecule has 0 N–H and O–H groups in total. The molecule has 14 heavy (non-hydrogen) atoms. The van der Waals surface area contributed by atoms with Gasteiger partial charge in [-0.15, -0.1) is 0 Å². The Bertz CT molecular complexity index is 392. The molecule has 0 amide bonds. The van der Waals surface area contributed by atoms with Crippen molar-refractivity contribution in [3.05, 3.63) is 48.4 Å². The van der Waals surface area contributed by atoms with Crippen molar-refractivity contribution >= 4 is 0 Å². The minimum Gasteiger partial charge on any atom is -0.261 e. The maximum Gasteiger partial charge on any atom is 0.0885 e. The van der Waals surface area contributed by atoms with Gasteiger partial charge < -0.3 is 0 Å². The first-order valence-electron chi connectivity index (χ1n) is 4.75. The molecule has 1 aromatic heterocycles. The van der Waals surface area contributed by atoms with Gasteiger partial charge in [0.1, 0.15) is 0 Å². The van der Waals surface area contributed by atoms with Crippen molar-refractivity contribution in [3.8, 4) is 11.3 Å². The molecular formula is C12H12N2. The van der Waals surface area contributed by atoms with Crippen LogP contribution in [0.4, 0.5) is 0 Å². The summed E-state index contributed by atoms with van der Waals surface area (Å²) in [7, 11) is 0. The minimum absolute atomic E-state index is 0.926. The predicted molar refractivity (Wildman–Crippen MR) is 56.8 cm³/mol. The number of aryl methyl sites for hydroxylation is 1. The fraction of sp³-hybridized carbons (Fsp3) is 0.167. The van der Waals surface area contributed by atoms with Gasteiger partial charge >= 0.3 is 0 Å². The van der Waals surface area contributed by atoms with Gasteiger partial charge in [-0.3, -0.25) is 9.97 Å². The molecule has 0 radical (unpaired) electrons. The summed E-state index contributed by atoms with van der Waals surface area (Å²) >= 11 is 0. The third-order valence-electron chi connectivity index (χ3n) is 2.22. The van der Waals surface area contributed by atoms with Gasteiger partial charge in [-0.2, -0.15) is 0 Å². The molecule has 0 unspecified atom stereocenters. The van der Waals surface area contributed by atoms with Crippen molar-refractivity contribution < 1.29 is 0 Å². The normalized spacial score (nSPS) is 10.1. The van der Waals surface area contributed by atoms with Crippen molar-refractivity contribution in [3.63, 3.8) is 0 Å². The summed E-state index contributed by atoms with van der Waals surface area (Å²) in [5, 5.41) is 0. The van der Waals surface area contributed by atoms with Crippen LogP contribution in [0.1, 0.15) is 12.5 Å². The van der Waals surface area contributed by atoms with Gasteiger partial charge in [0.15, 0.2) is 0 Å². The van der Waals surface area contributed by atoms with E-state index in [0.29, 0.717) is 0 Å².